The van der Waals surface area contributed by atoms with Gasteiger partial charge in [0, 0.05) is 5.92 Å². The molecule has 0 spiro atoms. The van der Waals surface area contributed by atoms with Crippen LogP contribution in [0, 0.1) is 0 Å². The first-order valence-corrected chi connectivity index (χ1v) is 9.66. The Hall–Kier alpha value is -2.91. The van der Waals surface area contributed by atoms with E-state index in [4.69, 9.17) is 14.4 Å². The number of carbonyl (C=O) groups excluding carboxylic acids is 1. The molecule has 2 aromatic carbocycles. The third-order valence-electron chi connectivity index (χ3n) is 4.31. The highest BCUT2D eigenvalue weighted by Gasteiger charge is 2.30. The molecule has 142 valence electrons. The van der Waals surface area contributed by atoms with Gasteiger partial charge in [-0.2, -0.15) is 8.42 Å². The van der Waals surface area contributed by atoms with Crippen LogP contribution in [0.2, 0.25) is 0 Å². The van der Waals surface area contributed by atoms with Crippen LogP contribution in [0.15, 0.2) is 48.5 Å². The summed E-state index contributed by atoms with van der Waals surface area (Å²) in [5.41, 5.74) is 4.05. The SMILES string of the molecule is O=C(NC(CS(=O)(=O)O)C(=O)O)OCC1c2ccccc2-c2ccccc21. The van der Waals surface area contributed by atoms with Gasteiger partial charge in [-0.1, -0.05) is 48.5 Å². The van der Waals surface area contributed by atoms with Gasteiger partial charge in [0.1, 0.15) is 18.4 Å². The second kappa shape index (κ2) is 7.37. The maximum absolute atomic E-state index is 12.0. The Kier molecular flexibility index (Phi) is 5.15. The summed E-state index contributed by atoms with van der Waals surface area (Å²) in [5.74, 6) is -2.96. The number of amides is 1. The van der Waals surface area contributed by atoms with E-state index in [9.17, 15) is 18.0 Å². The summed E-state index contributed by atoms with van der Waals surface area (Å²) in [6.07, 6.45) is -1.08. The molecule has 3 rings (SSSR count). The van der Waals surface area contributed by atoms with E-state index in [0.29, 0.717) is 0 Å². The standard InChI is InChI=1S/C18H17NO7S/c20-17(21)16(10-27(23,24)25)19-18(22)26-9-15-13-7-3-1-5-11(13)12-6-2-4-8-14(12)15/h1-8,15-16H,9-10H2,(H,19,22)(H,20,21)(H,23,24,25). The van der Waals surface area contributed by atoms with Crippen LogP contribution in [-0.4, -0.2) is 48.5 Å². The molecule has 0 radical (unpaired) electrons. The second-order valence-corrected chi connectivity index (χ2v) is 7.61. The van der Waals surface area contributed by atoms with Crippen LogP contribution in [0.1, 0.15) is 17.0 Å². The number of carboxylic acids is 1. The molecule has 0 heterocycles. The quantitative estimate of drug-likeness (QED) is 0.641. The van der Waals surface area contributed by atoms with E-state index in [2.05, 4.69) is 0 Å². The summed E-state index contributed by atoms with van der Waals surface area (Å²) in [6, 6.07) is 13.6. The molecule has 0 saturated heterocycles. The number of carboxylic acid groups (broad SMARTS) is 1. The van der Waals surface area contributed by atoms with Crippen LogP contribution in [0.25, 0.3) is 11.1 Å². The molecule has 0 aliphatic heterocycles. The van der Waals surface area contributed by atoms with Crippen molar-refractivity contribution in [3.05, 3.63) is 59.7 Å². The van der Waals surface area contributed by atoms with Crippen molar-refractivity contribution in [2.45, 2.75) is 12.0 Å². The van der Waals surface area contributed by atoms with Gasteiger partial charge in [-0.05, 0) is 22.3 Å². The molecule has 1 amide bonds. The van der Waals surface area contributed by atoms with Crippen molar-refractivity contribution in [3.8, 4) is 11.1 Å². The van der Waals surface area contributed by atoms with E-state index >= 15 is 0 Å². The Morgan fingerprint density at radius 3 is 2.04 bits per heavy atom. The molecular weight excluding hydrogens is 374 g/mol. The van der Waals surface area contributed by atoms with Crippen LogP contribution >= 0.6 is 0 Å². The molecule has 1 aliphatic carbocycles. The van der Waals surface area contributed by atoms with Crippen LogP contribution in [0.5, 0.6) is 0 Å². The molecule has 1 unspecified atom stereocenters. The van der Waals surface area contributed by atoms with Crippen molar-refractivity contribution in [2.24, 2.45) is 0 Å². The minimum atomic E-state index is -4.58. The molecule has 0 bridgehead atoms. The molecule has 8 nitrogen and oxygen atoms in total. The van der Waals surface area contributed by atoms with E-state index < -0.39 is 34.0 Å². The lowest BCUT2D eigenvalue weighted by atomic mass is 9.98. The summed E-state index contributed by atoms with van der Waals surface area (Å²) in [5, 5.41) is 10.9. The molecule has 9 heteroatoms. The average Bonchev–Trinajstić information content (AvgIpc) is 2.92. The lowest BCUT2D eigenvalue weighted by Crippen LogP contribution is -2.45. The minimum Gasteiger partial charge on any atom is -0.480 e. The van der Waals surface area contributed by atoms with Gasteiger partial charge in [-0.15, -0.1) is 0 Å². The molecular formula is C18H17NO7S. The number of benzene rings is 2. The van der Waals surface area contributed by atoms with Gasteiger partial charge in [-0.25, -0.2) is 9.59 Å². The Morgan fingerprint density at radius 1 is 1.04 bits per heavy atom. The van der Waals surface area contributed by atoms with Gasteiger partial charge >= 0.3 is 12.1 Å². The van der Waals surface area contributed by atoms with Gasteiger partial charge in [0.2, 0.25) is 0 Å². The molecule has 2 aromatic rings. The summed E-state index contributed by atoms with van der Waals surface area (Å²) in [7, 11) is -4.58. The number of fused-ring (bicyclic) bond motifs is 3. The lowest BCUT2D eigenvalue weighted by Gasteiger charge is -2.16. The first-order chi connectivity index (χ1) is 12.8. The Balaban J connectivity index is 1.71. The highest BCUT2D eigenvalue weighted by Crippen LogP contribution is 2.44. The summed E-state index contributed by atoms with van der Waals surface area (Å²) < 4.78 is 35.7. The predicted octanol–water partition coefficient (Wildman–Crippen LogP) is 1.87. The van der Waals surface area contributed by atoms with Crippen molar-refractivity contribution in [2.75, 3.05) is 12.4 Å². The van der Waals surface area contributed by atoms with E-state index in [0.717, 1.165) is 22.3 Å². The number of hydrogen-bond donors (Lipinski definition) is 3. The number of alkyl carbamates (subject to hydrolysis) is 1. The third-order valence-corrected chi connectivity index (χ3v) is 5.07. The molecule has 1 atom stereocenters. The summed E-state index contributed by atoms with van der Waals surface area (Å²) >= 11 is 0. The van der Waals surface area contributed by atoms with Crippen molar-refractivity contribution >= 4 is 22.2 Å². The summed E-state index contributed by atoms with van der Waals surface area (Å²) in [4.78, 5) is 23.0. The molecule has 0 aromatic heterocycles. The monoisotopic (exact) mass is 391 g/mol. The van der Waals surface area contributed by atoms with Gasteiger partial charge in [0.25, 0.3) is 10.1 Å². The summed E-state index contributed by atoms with van der Waals surface area (Å²) in [6.45, 7) is -0.0436. The van der Waals surface area contributed by atoms with Gasteiger partial charge in [0.05, 0.1) is 0 Å². The fourth-order valence-corrected chi connectivity index (χ4v) is 3.81. The zero-order chi connectivity index (χ0) is 19.6. The molecule has 0 saturated carbocycles. The van der Waals surface area contributed by atoms with Crippen molar-refractivity contribution in [1.82, 2.24) is 5.32 Å². The van der Waals surface area contributed by atoms with Crippen molar-refractivity contribution in [3.63, 3.8) is 0 Å². The normalized spacial score (nSPS) is 14.1. The van der Waals surface area contributed by atoms with Crippen LogP contribution in [0.4, 0.5) is 4.79 Å². The molecule has 1 aliphatic rings. The van der Waals surface area contributed by atoms with E-state index in [1.54, 1.807) is 0 Å². The Labute approximate surface area is 155 Å². The average molecular weight is 391 g/mol. The fourth-order valence-electron chi connectivity index (χ4n) is 3.17. The zero-order valence-corrected chi connectivity index (χ0v) is 14.8. The van der Waals surface area contributed by atoms with E-state index in [1.165, 1.54) is 0 Å². The smallest absolute Gasteiger partial charge is 0.407 e. The molecule has 27 heavy (non-hydrogen) atoms. The van der Waals surface area contributed by atoms with Crippen LogP contribution in [0.3, 0.4) is 0 Å². The first kappa shape index (κ1) is 18.9. The van der Waals surface area contributed by atoms with E-state index in [1.807, 2.05) is 53.8 Å². The van der Waals surface area contributed by atoms with Crippen molar-refractivity contribution in [1.29, 1.82) is 0 Å². The third kappa shape index (κ3) is 4.26. The zero-order valence-electron chi connectivity index (χ0n) is 14.0. The molecule has 0 fully saturated rings. The second-order valence-electron chi connectivity index (χ2n) is 6.11. The highest BCUT2D eigenvalue weighted by molar-refractivity contribution is 7.85. The maximum atomic E-state index is 12.0. The number of nitrogens with one attached hydrogen (secondary N) is 1. The first-order valence-electron chi connectivity index (χ1n) is 8.06. The van der Waals surface area contributed by atoms with E-state index in [-0.39, 0.29) is 12.5 Å². The largest absolute Gasteiger partial charge is 0.480 e. The number of aliphatic carboxylic acids is 1. The van der Waals surface area contributed by atoms with Gasteiger partial charge < -0.3 is 15.2 Å². The number of hydrogen-bond acceptors (Lipinski definition) is 5. The predicted molar refractivity (Wildman–Crippen MR) is 96.0 cm³/mol. The number of carbonyl (C=O) groups is 2. The van der Waals surface area contributed by atoms with Crippen LogP contribution in [-0.2, 0) is 19.6 Å². The Bertz CT molecular complexity index is 941. The lowest BCUT2D eigenvalue weighted by molar-refractivity contribution is -0.138. The topological polar surface area (TPSA) is 130 Å². The Morgan fingerprint density at radius 2 is 1.56 bits per heavy atom. The maximum Gasteiger partial charge on any atom is 0.407 e. The van der Waals surface area contributed by atoms with Gasteiger partial charge in [-0.3, -0.25) is 4.55 Å². The fraction of sp³-hybridized carbons (Fsp3) is 0.222. The minimum absolute atomic E-state index is 0.0436. The molecule has 3 N–H and O–H groups in total. The van der Waals surface area contributed by atoms with Gasteiger partial charge in [0.15, 0.2) is 0 Å². The number of rotatable bonds is 6. The van der Waals surface area contributed by atoms with Crippen LogP contribution < -0.4 is 5.32 Å². The number of ether oxygens (including phenoxy) is 1. The van der Waals surface area contributed by atoms with Crippen molar-refractivity contribution < 1.29 is 32.4 Å². The highest BCUT2D eigenvalue weighted by atomic mass is 32.2.